The van der Waals surface area contributed by atoms with E-state index in [2.05, 4.69) is 11.8 Å². The molecule has 0 aliphatic carbocycles. The molecule has 0 aromatic heterocycles. The molecule has 27 heavy (non-hydrogen) atoms. The molecule has 0 radical (unpaired) electrons. The van der Waals surface area contributed by atoms with Crippen molar-refractivity contribution in [2.45, 2.75) is 25.5 Å². The van der Waals surface area contributed by atoms with E-state index in [0.717, 1.165) is 24.3 Å². The highest BCUT2D eigenvalue weighted by atomic mass is 16.8. The molecule has 2 aromatic carbocycles. The van der Waals surface area contributed by atoms with Gasteiger partial charge in [-0.3, -0.25) is 10.1 Å². The van der Waals surface area contributed by atoms with Gasteiger partial charge in [-0.05, 0) is 54.3 Å². The SMILES string of the molecule is COc1cc2c(cc1OC)[C@H](C)N(C[C@@H](O)c1cccc(N([O-])O)c1)CC2. The molecule has 7 heteroatoms. The summed E-state index contributed by atoms with van der Waals surface area (Å²) in [7, 11) is 3.25. The summed E-state index contributed by atoms with van der Waals surface area (Å²) in [5.74, 6) is 1.41. The van der Waals surface area contributed by atoms with Gasteiger partial charge in [0.1, 0.15) is 0 Å². The smallest absolute Gasteiger partial charge is 0.161 e. The van der Waals surface area contributed by atoms with Gasteiger partial charge in [-0.25, -0.2) is 0 Å². The summed E-state index contributed by atoms with van der Waals surface area (Å²) in [6.45, 7) is 3.32. The third-order valence-electron chi connectivity index (χ3n) is 5.19. The van der Waals surface area contributed by atoms with E-state index in [1.165, 1.54) is 17.7 Å². The van der Waals surface area contributed by atoms with Crippen molar-refractivity contribution in [1.29, 1.82) is 0 Å². The zero-order valence-electron chi connectivity index (χ0n) is 15.8. The first-order valence-corrected chi connectivity index (χ1v) is 8.87. The molecule has 0 saturated heterocycles. The van der Waals surface area contributed by atoms with Crippen LogP contribution < -0.4 is 14.7 Å². The minimum absolute atomic E-state index is 0.0974. The van der Waals surface area contributed by atoms with Gasteiger partial charge in [0.15, 0.2) is 11.5 Å². The molecular weight excluding hydrogens is 348 g/mol. The van der Waals surface area contributed by atoms with Crippen LogP contribution in [0.1, 0.15) is 35.8 Å². The van der Waals surface area contributed by atoms with E-state index in [0.29, 0.717) is 17.9 Å². The summed E-state index contributed by atoms with van der Waals surface area (Å²) in [4.78, 5) is 2.19. The second-order valence-electron chi connectivity index (χ2n) is 6.71. The van der Waals surface area contributed by atoms with E-state index in [4.69, 9.17) is 14.7 Å². The van der Waals surface area contributed by atoms with Crippen LogP contribution in [0.4, 0.5) is 5.69 Å². The maximum Gasteiger partial charge on any atom is 0.161 e. The summed E-state index contributed by atoms with van der Waals surface area (Å²) in [5, 5.41) is 30.6. The quantitative estimate of drug-likeness (QED) is 0.752. The zero-order chi connectivity index (χ0) is 19.6. The van der Waals surface area contributed by atoms with Gasteiger partial charge < -0.3 is 25.0 Å². The van der Waals surface area contributed by atoms with Crippen LogP contribution in [-0.2, 0) is 6.42 Å². The topological polar surface area (TPSA) is 88.5 Å². The average molecular weight is 373 g/mol. The standard InChI is InChI=1S/C20H25N2O5/c1-13-17-11-20(27-3)19(26-2)10-14(17)7-8-21(13)12-18(23)15-5-4-6-16(9-15)22(24)25/h4-6,9-11,13,18,23-24H,7-8,12H2,1-3H3/q-1/t13-,18+/m0/s1. The van der Waals surface area contributed by atoms with Crippen LogP contribution in [-0.4, -0.2) is 42.5 Å². The van der Waals surface area contributed by atoms with Gasteiger partial charge >= 0.3 is 0 Å². The fraction of sp³-hybridized carbons (Fsp3) is 0.400. The summed E-state index contributed by atoms with van der Waals surface area (Å²) in [5.41, 5.74) is 3.06. The molecule has 1 heterocycles. The summed E-state index contributed by atoms with van der Waals surface area (Å²) < 4.78 is 10.8. The van der Waals surface area contributed by atoms with Crippen molar-refractivity contribution >= 4 is 5.69 Å². The lowest BCUT2D eigenvalue weighted by molar-refractivity contribution is 0.0863. The molecular formula is C20H25N2O5-. The lowest BCUT2D eigenvalue weighted by atomic mass is 9.92. The van der Waals surface area contributed by atoms with Crippen molar-refractivity contribution in [3.63, 3.8) is 0 Å². The normalized spacial score (nSPS) is 17.9. The molecule has 0 bridgehead atoms. The molecule has 2 aromatic rings. The fourth-order valence-electron chi connectivity index (χ4n) is 3.62. The molecule has 7 nitrogen and oxygen atoms in total. The predicted molar refractivity (Wildman–Crippen MR) is 102 cm³/mol. The maximum absolute atomic E-state index is 11.1. The van der Waals surface area contributed by atoms with Gasteiger partial charge in [0.05, 0.1) is 26.0 Å². The Morgan fingerprint density at radius 3 is 2.59 bits per heavy atom. The number of anilines is 1. The highest BCUT2D eigenvalue weighted by Gasteiger charge is 2.27. The number of ether oxygens (including phenoxy) is 2. The number of β-amino-alcohol motifs (C(OH)–C–C–N with tert-alkyl or cyclic N) is 1. The van der Waals surface area contributed by atoms with Crippen molar-refractivity contribution in [3.05, 3.63) is 58.3 Å². The van der Waals surface area contributed by atoms with Crippen LogP contribution in [0.5, 0.6) is 11.5 Å². The zero-order valence-corrected chi connectivity index (χ0v) is 15.8. The van der Waals surface area contributed by atoms with Crippen LogP contribution in [0.15, 0.2) is 36.4 Å². The van der Waals surface area contributed by atoms with E-state index >= 15 is 0 Å². The Morgan fingerprint density at radius 2 is 1.93 bits per heavy atom. The molecule has 3 rings (SSSR count). The minimum Gasteiger partial charge on any atom is -0.733 e. The Labute approximate surface area is 158 Å². The minimum atomic E-state index is -0.769. The Morgan fingerprint density at radius 1 is 1.22 bits per heavy atom. The van der Waals surface area contributed by atoms with Gasteiger partial charge in [-0.2, -0.15) is 0 Å². The third kappa shape index (κ3) is 4.01. The van der Waals surface area contributed by atoms with Crippen molar-refractivity contribution < 1.29 is 19.8 Å². The van der Waals surface area contributed by atoms with Crippen LogP contribution in [0.2, 0.25) is 0 Å². The highest BCUT2D eigenvalue weighted by Crippen LogP contribution is 2.38. The lowest BCUT2D eigenvalue weighted by Gasteiger charge is -2.37. The number of hydrogen-bond acceptors (Lipinski definition) is 7. The molecule has 0 fully saturated rings. The summed E-state index contributed by atoms with van der Waals surface area (Å²) in [6.07, 6.45) is 0.0756. The van der Waals surface area contributed by atoms with Crippen molar-refractivity contribution in [1.82, 2.24) is 4.90 Å². The molecule has 1 aliphatic heterocycles. The molecule has 0 spiro atoms. The Kier molecular flexibility index (Phi) is 5.86. The largest absolute Gasteiger partial charge is 0.733 e. The number of rotatable bonds is 6. The fourth-order valence-corrected chi connectivity index (χ4v) is 3.62. The number of benzene rings is 2. The van der Waals surface area contributed by atoms with Gasteiger partial charge in [0.2, 0.25) is 0 Å². The van der Waals surface area contributed by atoms with Crippen LogP contribution in [0, 0.1) is 5.21 Å². The summed E-state index contributed by atoms with van der Waals surface area (Å²) >= 11 is 0. The molecule has 146 valence electrons. The second-order valence-corrected chi connectivity index (χ2v) is 6.71. The van der Waals surface area contributed by atoms with Crippen molar-refractivity contribution in [3.8, 4) is 11.5 Å². The van der Waals surface area contributed by atoms with Gasteiger partial charge in [0.25, 0.3) is 0 Å². The molecule has 2 atom stereocenters. The number of methoxy groups -OCH3 is 2. The first-order valence-electron chi connectivity index (χ1n) is 8.87. The number of aliphatic hydroxyl groups excluding tert-OH is 1. The van der Waals surface area contributed by atoms with Crippen LogP contribution >= 0.6 is 0 Å². The maximum atomic E-state index is 11.1. The molecule has 0 unspecified atom stereocenters. The van der Waals surface area contributed by atoms with Gasteiger partial charge in [-0.15, -0.1) is 0 Å². The van der Waals surface area contributed by atoms with E-state index in [9.17, 15) is 10.3 Å². The first-order chi connectivity index (χ1) is 12.9. The van der Waals surface area contributed by atoms with Gasteiger partial charge in [0, 0.05) is 19.1 Å². The first kappa shape index (κ1) is 19.4. The van der Waals surface area contributed by atoms with Gasteiger partial charge in [-0.1, -0.05) is 12.1 Å². The monoisotopic (exact) mass is 373 g/mol. The van der Waals surface area contributed by atoms with E-state index < -0.39 is 6.10 Å². The number of hydrogen-bond donors (Lipinski definition) is 2. The Balaban J connectivity index is 1.79. The van der Waals surface area contributed by atoms with Crippen LogP contribution in [0.25, 0.3) is 0 Å². The third-order valence-corrected chi connectivity index (χ3v) is 5.19. The van der Waals surface area contributed by atoms with E-state index in [1.807, 2.05) is 12.1 Å². The van der Waals surface area contributed by atoms with Crippen LogP contribution in [0.3, 0.4) is 0 Å². The van der Waals surface area contributed by atoms with Crippen molar-refractivity contribution in [2.24, 2.45) is 0 Å². The lowest BCUT2D eigenvalue weighted by Crippen LogP contribution is -2.37. The summed E-state index contributed by atoms with van der Waals surface area (Å²) in [6, 6.07) is 10.5. The van der Waals surface area contributed by atoms with Crippen molar-refractivity contribution in [2.75, 3.05) is 32.5 Å². The predicted octanol–water partition coefficient (Wildman–Crippen LogP) is 3.05. The molecule has 1 aliphatic rings. The average Bonchev–Trinajstić information content (AvgIpc) is 2.69. The molecule has 0 amide bonds. The number of fused-ring (bicyclic) bond motifs is 1. The highest BCUT2D eigenvalue weighted by molar-refractivity contribution is 5.49. The Hall–Kier alpha value is -2.32. The number of nitrogens with zero attached hydrogens (tertiary/aromatic N) is 2. The number of aliphatic hydroxyl groups is 1. The second kappa shape index (κ2) is 8.14. The van der Waals surface area contributed by atoms with E-state index in [-0.39, 0.29) is 17.0 Å². The molecule has 2 N–H and O–H groups in total. The molecule has 0 saturated carbocycles. The Bertz CT molecular complexity index is 796. The van der Waals surface area contributed by atoms with E-state index in [1.54, 1.807) is 26.4 Å².